The summed E-state index contributed by atoms with van der Waals surface area (Å²) in [6, 6.07) is 15.0. The largest absolute Gasteiger partial charge is 0.455 e. The Hall–Kier alpha value is -2.11. The third-order valence-electron chi connectivity index (χ3n) is 3.77. The molecule has 1 saturated heterocycles. The second-order valence-corrected chi connectivity index (χ2v) is 6.79. The maximum Gasteiger partial charge on any atom is 0.340 e. The first kappa shape index (κ1) is 14.5. The third kappa shape index (κ3) is 2.78. The Morgan fingerprint density at radius 3 is 2.70 bits per heavy atom. The van der Waals surface area contributed by atoms with Crippen molar-refractivity contribution in [3.8, 4) is 0 Å². The van der Waals surface area contributed by atoms with E-state index in [2.05, 4.69) is 16.0 Å². The molecule has 0 bridgehead atoms. The van der Waals surface area contributed by atoms with Gasteiger partial charge < -0.3 is 9.64 Å². The summed E-state index contributed by atoms with van der Waals surface area (Å²) in [7, 11) is 0. The van der Waals surface area contributed by atoms with Crippen molar-refractivity contribution in [3.63, 3.8) is 0 Å². The molecule has 0 atom stereocenters. The molecule has 0 aliphatic carbocycles. The number of nitrogens with zero attached hydrogens (tertiary/aromatic N) is 2. The molecule has 1 aromatic heterocycles. The van der Waals surface area contributed by atoms with E-state index in [0.717, 1.165) is 10.6 Å². The van der Waals surface area contributed by atoms with Gasteiger partial charge in [-0.3, -0.25) is 0 Å². The summed E-state index contributed by atoms with van der Waals surface area (Å²) in [5.41, 5.74) is 1.41. The van der Waals surface area contributed by atoms with Gasteiger partial charge in [-0.2, -0.15) is 0 Å². The number of thiazole rings is 1. The van der Waals surface area contributed by atoms with Crippen molar-refractivity contribution < 1.29 is 9.53 Å². The lowest BCUT2D eigenvalue weighted by Gasteiger charge is -2.38. The highest BCUT2D eigenvalue weighted by Crippen LogP contribution is 2.32. The standard InChI is InChI=1S/C17H13ClN2O2S/c18-13-6-2-1-5-12(13)16(21)22-11-9-20(10-11)17-19-14-7-3-4-8-15(14)23-17/h1-8,11H,9-10H2. The van der Waals surface area contributed by atoms with Crippen LogP contribution in [-0.4, -0.2) is 30.1 Å². The zero-order valence-electron chi connectivity index (χ0n) is 12.1. The first-order valence-electron chi connectivity index (χ1n) is 7.27. The molecule has 116 valence electrons. The lowest BCUT2D eigenvalue weighted by Crippen LogP contribution is -2.53. The van der Waals surface area contributed by atoms with Gasteiger partial charge >= 0.3 is 5.97 Å². The SMILES string of the molecule is O=C(OC1CN(c2nc3ccccc3s2)C1)c1ccccc1Cl. The molecule has 4 nitrogen and oxygen atoms in total. The first-order valence-corrected chi connectivity index (χ1v) is 8.46. The quantitative estimate of drug-likeness (QED) is 0.674. The lowest BCUT2D eigenvalue weighted by molar-refractivity contribution is 0.0234. The van der Waals surface area contributed by atoms with E-state index in [0.29, 0.717) is 23.7 Å². The van der Waals surface area contributed by atoms with Crippen LogP contribution in [-0.2, 0) is 4.74 Å². The van der Waals surface area contributed by atoms with E-state index in [1.165, 1.54) is 4.70 Å². The third-order valence-corrected chi connectivity index (χ3v) is 5.20. The van der Waals surface area contributed by atoms with Crippen molar-refractivity contribution in [2.75, 3.05) is 18.0 Å². The Bertz CT molecular complexity index is 841. The molecule has 0 spiro atoms. The number of fused-ring (bicyclic) bond motifs is 1. The number of anilines is 1. The van der Waals surface area contributed by atoms with Gasteiger partial charge in [-0.15, -0.1) is 0 Å². The Labute approximate surface area is 142 Å². The molecule has 0 unspecified atom stereocenters. The number of hydrogen-bond acceptors (Lipinski definition) is 5. The Morgan fingerprint density at radius 2 is 1.91 bits per heavy atom. The van der Waals surface area contributed by atoms with E-state index in [9.17, 15) is 4.79 Å². The molecule has 0 N–H and O–H groups in total. The smallest absolute Gasteiger partial charge is 0.340 e. The highest BCUT2D eigenvalue weighted by molar-refractivity contribution is 7.22. The molecule has 3 aromatic rings. The van der Waals surface area contributed by atoms with Crippen molar-refractivity contribution in [1.82, 2.24) is 4.98 Å². The van der Waals surface area contributed by atoms with Crippen molar-refractivity contribution in [2.45, 2.75) is 6.10 Å². The molecule has 0 saturated carbocycles. The van der Waals surface area contributed by atoms with Gasteiger partial charge in [0.05, 0.1) is 33.9 Å². The molecular formula is C17H13ClN2O2S. The number of ether oxygens (including phenoxy) is 1. The van der Waals surface area contributed by atoms with Gasteiger partial charge in [0, 0.05) is 0 Å². The van der Waals surface area contributed by atoms with E-state index in [-0.39, 0.29) is 12.1 Å². The molecule has 23 heavy (non-hydrogen) atoms. The average molecular weight is 345 g/mol. The van der Waals surface area contributed by atoms with Crippen LogP contribution in [0.3, 0.4) is 0 Å². The maximum atomic E-state index is 12.1. The van der Waals surface area contributed by atoms with Crippen molar-refractivity contribution in [2.24, 2.45) is 0 Å². The number of carbonyl (C=O) groups is 1. The first-order chi connectivity index (χ1) is 11.2. The average Bonchev–Trinajstić information content (AvgIpc) is 2.94. The number of benzene rings is 2. The fourth-order valence-corrected chi connectivity index (χ4v) is 3.70. The van der Waals surface area contributed by atoms with E-state index in [4.69, 9.17) is 16.3 Å². The Kier molecular flexibility index (Phi) is 3.67. The van der Waals surface area contributed by atoms with E-state index < -0.39 is 0 Å². The number of rotatable bonds is 3. The topological polar surface area (TPSA) is 42.4 Å². The second-order valence-electron chi connectivity index (χ2n) is 5.38. The lowest BCUT2D eigenvalue weighted by atomic mass is 10.2. The zero-order valence-corrected chi connectivity index (χ0v) is 13.7. The van der Waals surface area contributed by atoms with Crippen molar-refractivity contribution >= 4 is 44.3 Å². The Balaban J connectivity index is 1.40. The van der Waals surface area contributed by atoms with E-state index in [1.54, 1.807) is 35.6 Å². The molecule has 0 radical (unpaired) electrons. The minimum atomic E-state index is -0.371. The summed E-state index contributed by atoms with van der Waals surface area (Å²) in [5.74, 6) is -0.371. The van der Waals surface area contributed by atoms with Gasteiger partial charge in [0.25, 0.3) is 0 Å². The van der Waals surface area contributed by atoms with Crippen LogP contribution < -0.4 is 4.90 Å². The summed E-state index contributed by atoms with van der Waals surface area (Å²) in [4.78, 5) is 18.8. The van der Waals surface area contributed by atoms with Gasteiger partial charge in [-0.25, -0.2) is 9.78 Å². The minimum Gasteiger partial charge on any atom is -0.455 e. The number of carbonyl (C=O) groups excluding carboxylic acids is 1. The predicted molar refractivity (Wildman–Crippen MR) is 92.5 cm³/mol. The van der Waals surface area contributed by atoms with Gasteiger partial charge in [0.15, 0.2) is 5.13 Å². The summed E-state index contributed by atoms with van der Waals surface area (Å²) in [5, 5.41) is 1.39. The number of halogens is 1. The highest BCUT2D eigenvalue weighted by atomic mass is 35.5. The van der Waals surface area contributed by atoms with Gasteiger partial charge in [-0.1, -0.05) is 47.2 Å². The van der Waals surface area contributed by atoms with E-state index in [1.807, 2.05) is 18.2 Å². The summed E-state index contributed by atoms with van der Waals surface area (Å²) in [6.07, 6.45) is -0.120. The van der Waals surface area contributed by atoms with Crippen molar-refractivity contribution in [1.29, 1.82) is 0 Å². The molecule has 2 aromatic carbocycles. The maximum absolute atomic E-state index is 12.1. The molecular weight excluding hydrogens is 332 g/mol. The van der Waals surface area contributed by atoms with Gasteiger partial charge in [0.1, 0.15) is 6.10 Å². The van der Waals surface area contributed by atoms with Crippen LogP contribution in [0.2, 0.25) is 5.02 Å². The molecule has 1 fully saturated rings. The summed E-state index contributed by atoms with van der Waals surface area (Å²) >= 11 is 7.67. The zero-order chi connectivity index (χ0) is 15.8. The normalized spacial score (nSPS) is 14.7. The number of aromatic nitrogens is 1. The molecule has 4 rings (SSSR count). The second kappa shape index (κ2) is 5.83. The summed E-state index contributed by atoms with van der Waals surface area (Å²) in [6.45, 7) is 1.33. The molecule has 1 aliphatic rings. The number of esters is 1. The molecule has 6 heteroatoms. The van der Waals surface area contributed by atoms with Gasteiger partial charge in [-0.05, 0) is 24.3 Å². The van der Waals surface area contributed by atoms with Crippen LogP contribution in [0.4, 0.5) is 5.13 Å². The Morgan fingerprint density at radius 1 is 1.17 bits per heavy atom. The number of para-hydroxylation sites is 1. The van der Waals surface area contributed by atoms with Crippen LogP contribution in [0.5, 0.6) is 0 Å². The fraction of sp³-hybridized carbons (Fsp3) is 0.176. The number of hydrogen-bond donors (Lipinski definition) is 0. The molecule has 0 amide bonds. The monoisotopic (exact) mass is 344 g/mol. The molecule has 1 aliphatic heterocycles. The van der Waals surface area contributed by atoms with Crippen LogP contribution in [0.1, 0.15) is 10.4 Å². The highest BCUT2D eigenvalue weighted by Gasteiger charge is 2.32. The fourth-order valence-electron chi connectivity index (χ4n) is 2.51. The summed E-state index contributed by atoms with van der Waals surface area (Å²) < 4.78 is 6.66. The molecule has 2 heterocycles. The van der Waals surface area contributed by atoms with Crippen LogP contribution >= 0.6 is 22.9 Å². The van der Waals surface area contributed by atoms with Crippen LogP contribution in [0, 0.1) is 0 Å². The van der Waals surface area contributed by atoms with Crippen LogP contribution in [0.15, 0.2) is 48.5 Å². The van der Waals surface area contributed by atoms with Gasteiger partial charge in [0.2, 0.25) is 0 Å². The van der Waals surface area contributed by atoms with Crippen molar-refractivity contribution in [3.05, 3.63) is 59.1 Å². The predicted octanol–water partition coefficient (Wildman–Crippen LogP) is 4.00. The minimum absolute atomic E-state index is 0.120. The van der Waals surface area contributed by atoms with Crippen LogP contribution in [0.25, 0.3) is 10.2 Å². The van der Waals surface area contributed by atoms with E-state index >= 15 is 0 Å².